The summed E-state index contributed by atoms with van der Waals surface area (Å²) in [5.74, 6) is -15.7. The number of nitrogens with two attached hydrogens (primary N) is 2. The lowest BCUT2D eigenvalue weighted by atomic mass is 9.96. The maximum Gasteiger partial charge on any atom is 0.328 e. The summed E-state index contributed by atoms with van der Waals surface area (Å²) in [5.41, 5.74) is 11.1. The van der Waals surface area contributed by atoms with Crippen LogP contribution in [0.3, 0.4) is 0 Å². The van der Waals surface area contributed by atoms with Gasteiger partial charge in [0.1, 0.15) is 36.3 Å². The van der Waals surface area contributed by atoms with E-state index in [0.717, 1.165) is 6.92 Å². The first kappa shape index (κ1) is 60.6. The van der Waals surface area contributed by atoms with E-state index in [1.54, 1.807) is 34.6 Å². The van der Waals surface area contributed by atoms with Crippen LogP contribution in [0.4, 0.5) is 0 Å². The molecule has 380 valence electrons. The Morgan fingerprint density at radius 2 is 0.836 bits per heavy atom. The molecule has 0 aliphatic rings. The molecule has 26 heteroatoms. The first-order valence-corrected chi connectivity index (χ1v) is 21.8. The quantitative estimate of drug-likeness (QED) is 0.0308. The van der Waals surface area contributed by atoms with Gasteiger partial charge in [-0.05, 0) is 50.4 Å². The zero-order valence-corrected chi connectivity index (χ0v) is 38.8. The fourth-order valence-corrected chi connectivity index (χ4v) is 6.22. The van der Waals surface area contributed by atoms with Crippen molar-refractivity contribution in [2.75, 3.05) is 0 Å². The van der Waals surface area contributed by atoms with Crippen molar-refractivity contribution in [3.8, 4) is 0 Å². The Labute approximate surface area is 387 Å². The van der Waals surface area contributed by atoms with E-state index in [4.69, 9.17) is 16.6 Å². The number of aliphatic hydroxyl groups excluding tert-OH is 1. The van der Waals surface area contributed by atoms with Gasteiger partial charge >= 0.3 is 23.9 Å². The number of rotatable bonds is 33. The van der Waals surface area contributed by atoms with Crippen LogP contribution in [0.2, 0.25) is 0 Å². The Kier molecular flexibility index (Phi) is 27.1. The minimum Gasteiger partial charge on any atom is -0.481 e. The molecule has 11 atom stereocenters. The Morgan fingerprint density at radius 1 is 0.463 bits per heavy atom. The van der Waals surface area contributed by atoms with Gasteiger partial charge in [0.25, 0.3) is 0 Å². The summed E-state index contributed by atoms with van der Waals surface area (Å²) in [4.78, 5) is 153. The van der Waals surface area contributed by atoms with Gasteiger partial charge in [-0.25, -0.2) is 4.79 Å². The third kappa shape index (κ3) is 23.0. The van der Waals surface area contributed by atoms with Crippen molar-refractivity contribution in [2.45, 2.75) is 167 Å². The number of carboxylic acids is 4. The van der Waals surface area contributed by atoms with Crippen LogP contribution in [0.5, 0.6) is 0 Å². The molecule has 16 N–H and O–H groups in total. The van der Waals surface area contributed by atoms with Gasteiger partial charge in [-0.1, -0.05) is 54.4 Å². The molecule has 0 aromatic carbocycles. The fourth-order valence-electron chi connectivity index (χ4n) is 6.22. The number of nitrogens with one attached hydrogen (secondary N) is 7. The second kappa shape index (κ2) is 30.0. The molecule has 26 nitrogen and oxygen atoms in total. The molecule has 0 aliphatic carbocycles. The molecule has 0 bridgehead atoms. The second-order valence-corrected chi connectivity index (χ2v) is 16.8. The van der Waals surface area contributed by atoms with Gasteiger partial charge in [0.2, 0.25) is 47.3 Å². The number of aliphatic hydroxyl groups is 1. The number of hydrogen-bond donors (Lipinski definition) is 14. The van der Waals surface area contributed by atoms with Crippen LogP contribution < -0.4 is 48.7 Å². The van der Waals surface area contributed by atoms with Crippen molar-refractivity contribution in [2.24, 2.45) is 29.2 Å². The highest BCUT2D eigenvalue weighted by Gasteiger charge is 2.37. The third-order valence-electron chi connectivity index (χ3n) is 10.6. The standard InChI is InChI=1S/C41H69N9O17/c1-8-19(5)31(48-37(62)25(16-18(3)4)46-36(61)24(12-15-29(55)56)44-34(59)22(42)10-14-28(53)54)39(64)45-23(11-13-27(43)52)35(60)47-26(17-30(57)58)38(63)49-32(20(6)9-2)40(65)50-33(21(7)51)41(66)67/h18-26,31-33,51H,8-17,42H2,1-7H3,(H2,43,52)(H,44,59)(H,45,64)(H,46,61)(H,47,60)(H,48,62)(H,49,63)(H,50,65)(H,53,54)(H,55,56)(H,57,58)(H,66,67)/t19-,20-,21+,22-,23-,24-,25-,26-,31-,32-,33-/m0/s1. The van der Waals surface area contributed by atoms with Crippen molar-refractivity contribution in [1.82, 2.24) is 37.2 Å². The van der Waals surface area contributed by atoms with Gasteiger partial charge in [0.15, 0.2) is 6.04 Å². The molecule has 0 aromatic heterocycles. The minimum atomic E-state index is -1.93. The van der Waals surface area contributed by atoms with E-state index in [2.05, 4.69) is 37.2 Å². The van der Waals surface area contributed by atoms with Crippen LogP contribution in [-0.2, 0) is 57.5 Å². The first-order chi connectivity index (χ1) is 31.1. The lowest BCUT2D eigenvalue weighted by Gasteiger charge is -2.30. The Morgan fingerprint density at radius 3 is 1.24 bits per heavy atom. The molecule has 67 heavy (non-hydrogen) atoms. The van der Waals surface area contributed by atoms with Crippen molar-refractivity contribution >= 4 is 71.1 Å². The summed E-state index contributed by atoms with van der Waals surface area (Å²) in [6, 6.07) is -12.7. The molecule has 0 spiro atoms. The molecule has 0 fully saturated rings. The van der Waals surface area contributed by atoms with Crippen LogP contribution in [0, 0.1) is 17.8 Å². The smallest absolute Gasteiger partial charge is 0.328 e. The van der Waals surface area contributed by atoms with Gasteiger partial charge in [-0.2, -0.15) is 0 Å². The maximum atomic E-state index is 14.0. The summed E-state index contributed by atoms with van der Waals surface area (Å²) >= 11 is 0. The van der Waals surface area contributed by atoms with Crippen LogP contribution in [0.15, 0.2) is 0 Å². The number of carbonyl (C=O) groups excluding carboxylic acids is 8. The van der Waals surface area contributed by atoms with Crippen molar-refractivity contribution < 1.29 is 83.1 Å². The first-order valence-electron chi connectivity index (χ1n) is 21.8. The largest absolute Gasteiger partial charge is 0.481 e. The Bertz CT molecular complexity index is 1780. The highest BCUT2D eigenvalue weighted by molar-refractivity contribution is 5.98. The van der Waals surface area contributed by atoms with Crippen LogP contribution in [-0.4, -0.2) is 151 Å². The van der Waals surface area contributed by atoms with Gasteiger partial charge in [0, 0.05) is 19.3 Å². The van der Waals surface area contributed by atoms with Gasteiger partial charge in [0.05, 0.1) is 18.6 Å². The number of aliphatic carboxylic acids is 4. The highest BCUT2D eigenvalue weighted by atomic mass is 16.4. The van der Waals surface area contributed by atoms with Crippen LogP contribution in [0.1, 0.15) is 113 Å². The summed E-state index contributed by atoms with van der Waals surface area (Å²) in [7, 11) is 0. The Balaban J connectivity index is 6.69. The topological polar surface area (TPSA) is 442 Å². The van der Waals surface area contributed by atoms with E-state index in [1.165, 1.54) is 6.92 Å². The molecule has 0 aromatic rings. The van der Waals surface area contributed by atoms with Crippen molar-refractivity contribution in [1.29, 1.82) is 0 Å². The van der Waals surface area contributed by atoms with Crippen molar-refractivity contribution in [3.05, 3.63) is 0 Å². The molecule has 0 saturated carbocycles. The summed E-state index contributed by atoms with van der Waals surface area (Å²) in [6.07, 6.45) is -5.09. The normalized spacial score (nSPS) is 16.0. The van der Waals surface area contributed by atoms with E-state index in [9.17, 15) is 78.0 Å². The maximum absolute atomic E-state index is 14.0. The average Bonchev–Trinajstić information content (AvgIpc) is 3.23. The Hall–Kier alpha value is -6.44. The molecule has 0 heterocycles. The monoisotopic (exact) mass is 959 g/mol. The minimum absolute atomic E-state index is 0.0545. The molecular formula is C41H69N9O17. The van der Waals surface area contributed by atoms with E-state index in [0.29, 0.717) is 0 Å². The summed E-state index contributed by atoms with van der Waals surface area (Å²) in [6.45, 7) is 10.9. The number of hydrogen-bond acceptors (Lipinski definition) is 14. The molecular weight excluding hydrogens is 890 g/mol. The van der Waals surface area contributed by atoms with Crippen LogP contribution >= 0.6 is 0 Å². The fraction of sp³-hybridized carbons (Fsp3) is 0.707. The average molecular weight is 960 g/mol. The molecule has 0 unspecified atom stereocenters. The van der Waals surface area contributed by atoms with E-state index in [-0.39, 0.29) is 31.6 Å². The zero-order valence-electron chi connectivity index (χ0n) is 38.8. The van der Waals surface area contributed by atoms with Crippen molar-refractivity contribution in [3.63, 3.8) is 0 Å². The SMILES string of the molecule is CC[C@H](C)[C@H](NC(=O)[C@H](CC(C)C)NC(=O)[C@H](CCC(=O)O)NC(=O)[C@@H](N)CCC(=O)O)C(=O)N[C@@H](CCC(N)=O)C(=O)N[C@@H](CC(=O)O)C(=O)N[C@H](C(=O)N[C@H](C(=O)O)[C@@H](C)O)[C@@H](C)CC. The van der Waals surface area contributed by atoms with Gasteiger partial charge in [-0.15, -0.1) is 0 Å². The molecule has 0 radical (unpaired) electrons. The third-order valence-corrected chi connectivity index (χ3v) is 10.6. The predicted molar refractivity (Wildman–Crippen MR) is 234 cm³/mol. The summed E-state index contributed by atoms with van der Waals surface area (Å²) in [5, 5.41) is 63.5. The molecule has 8 amide bonds. The summed E-state index contributed by atoms with van der Waals surface area (Å²) < 4.78 is 0. The lowest BCUT2D eigenvalue weighted by molar-refractivity contribution is -0.146. The van der Waals surface area contributed by atoms with E-state index >= 15 is 0 Å². The number of carbonyl (C=O) groups is 12. The zero-order chi connectivity index (χ0) is 51.9. The van der Waals surface area contributed by atoms with Crippen LogP contribution in [0.25, 0.3) is 0 Å². The number of carboxylic acid groups (broad SMARTS) is 4. The number of primary amides is 1. The number of amides is 8. The van der Waals surface area contributed by atoms with Gasteiger partial charge < -0.3 is 74.2 Å². The van der Waals surface area contributed by atoms with Gasteiger partial charge in [-0.3, -0.25) is 52.7 Å². The predicted octanol–water partition coefficient (Wildman–Crippen LogP) is -3.22. The lowest BCUT2D eigenvalue weighted by Crippen LogP contribution is -2.62. The second-order valence-electron chi connectivity index (χ2n) is 16.8. The molecule has 0 saturated heterocycles. The highest BCUT2D eigenvalue weighted by Crippen LogP contribution is 2.14. The van der Waals surface area contributed by atoms with E-state index in [1.807, 2.05) is 0 Å². The molecule has 0 rings (SSSR count). The van der Waals surface area contributed by atoms with E-state index < -0.39 is 176 Å². The molecule has 0 aliphatic heterocycles.